The van der Waals surface area contributed by atoms with Gasteiger partial charge < -0.3 is 10.6 Å². The van der Waals surface area contributed by atoms with Crippen LogP contribution in [-0.4, -0.2) is 39.4 Å². The number of hydrogen-bond acceptors (Lipinski definition) is 4. The van der Waals surface area contributed by atoms with Crippen LogP contribution in [0.2, 0.25) is 0 Å². The van der Waals surface area contributed by atoms with E-state index in [-0.39, 0.29) is 23.4 Å². The Morgan fingerprint density at radius 1 is 1.04 bits per heavy atom. The minimum atomic E-state index is -3.75. The zero-order valence-electron chi connectivity index (χ0n) is 15.2. The molecule has 1 fully saturated rings. The first-order chi connectivity index (χ1) is 12.3. The van der Waals surface area contributed by atoms with Crippen molar-refractivity contribution >= 4 is 21.8 Å². The summed E-state index contributed by atoms with van der Waals surface area (Å²) in [5.41, 5.74) is 0.944. The van der Waals surface area contributed by atoms with E-state index in [1.807, 2.05) is 6.92 Å². The van der Waals surface area contributed by atoms with E-state index < -0.39 is 22.5 Å². The van der Waals surface area contributed by atoms with Crippen molar-refractivity contribution in [3.63, 3.8) is 0 Å². The van der Waals surface area contributed by atoms with Gasteiger partial charge in [-0.2, -0.15) is 0 Å². The van der Waals surface area contributed by atoms with Gasteiger partial charge in [0.15, 0.2) is 0 Å². The molecule has 0 radical (unpaired) electrons. The van der Waals surface area contributed by atoms with E-state index in [1.54, 1.807) is 12.1 Å². The molecule has 8 heteroatoms. The lowest BCUT2D eigenvalue weighted by atomic mass is 9.86. The molecule has 144 valence electrons. The van der Waals surface area contributed by atoms with Crippen molar-refractivity contribution in [2.24, 2.45) is 5.92 Å². The van der Waals surface area contributed by atoms with Gasteiger partial charge in [-0.15, -0.1) is 0 Å². The first-order valence-electron chi connectivity index (χ1n) is 8.90. The maximum Gasteiger partial charge on any atom is 0.241 e. The Morgan fingerprint density at radius 2 is 1.69 bits per heavy atom. The molecule has 26 heavy (non-hydrogen) atoms. The normalized spacial score (nSPS) is 20.4. The fourth-order valence-corrected chi connectivity index (χ4v) is 3.97. The summed E-state index contributed by atoms with van der Waals surface area (Å²) in [5.74, 6) is -0.365. The van der Waals surface area contributed by atoms with Crippen molar-refractivity contribution in [1.82, 2.24) is 15.4 Å². The SMILES string of the molecule is Cc1ccc(S(=O)(=O)NCC(=O)NCC(=O)N[C@H]2CCCC[C@H]2C)cc1. The molecule has 0 bridgehead atoms. The van der Waals surface area contributed by atoms with Gasteiger partial charge in [0.05, 0.1) is 18.0 Å². The van der Waals surface area contributed by atoms with Crippen molar-refractivity contribution in [2.75, 3.05) is 13.1 Å². The first-order valence-corrected chi connectivity index (χ1v) is 10.4. The molecule has 0 unspecified atom stereocenters. The van der Waals surface area contributed by atoms with Gasteiger partial charge >= 0.3 is 0 Å². The molecule has 0 aromatic heterocycles. The molecule has 0 aliphatic heterocycles. The predicted molar refractivity (Wildman–Crippen MR) is 98.9 cm³/mol. The van der Waals surface area contributed by atoms with Crippen LogP contribution in [0.5, 0.6) is 0 Å². The summed E-state index contributed by atoms with van der Waals surface area (Å²) in [7, 11) is -3.75. The van der Waals surface area contributed by atoms with Gasteiger partial charge in [0.25, 0.3) is 0 Å². The molecule has 1 aromatic rings. The molecule has 0 spiro atoms. The Hall–Kier alpha value is -1.93. The van der Waals surface area contributed by atoms with E-state index in [0.717, 1.165) is 24.8 Å². The Bertz CT molecular complexity index is 731. The number of rotatable bonds is 7. The number of nitrogens with one attached hydrogen (secondary N) is 3. The van der Waals surface area contributed by atoms with Gasteiger partial charge in [-0.05, 0) is 37.8 Å². The van der Waals surface area contributed by atoms with Crippen molar-refractivity contribution in [2.45, 2.75) is 50.5 Å². The monoisotopic (exact) mass is 381 g/mol. The minimum Gasteiger partial charge on any atom is -0.352 e. The van der Waals surface area contributed by atoms with Crippen LogP contribution in [0.4, 0.5) is 0 Å². The van der Waals surface area contributed by atoms with E-state index in [0.29, 0.717) is 5.92 Å². The maximum absolute atomic E-state index is 12.1. The summed E-state index contributed by atoms with van der Waals surface area (Å²) in [6, 6.07) is 6.48. The molecule has 2 amide bonds. The molecule has 2 atom stereocenters. The molecular weight excluding hydrogens is 354 g/mol. The van der Waals surface area contributed by atoms with Crippen LogP contribution in [0.1, 0.15) is 38.2 Å². The van der Waals surface area contributed by atoms with Crippen molar-refractivity contribution in [3.05, 3.63) is 29.8 Å². The highest BCUT2D eigenvalue weighted by atomic mass is 32.2. The van der Waals surface area contributed by atoms with E-state index in [9.17, 15) is 18.0 Å². The molecule has 2 rings (SSSR count). The number of sulfonamides is 1. The van der Waals surface area contributed by atoms with Crippen LogP contribution >= 0.6 is 0 Å². The second-order valence-corrected chi connectivity index (χ2v) is 8.62. The quantitative estimate of drug-likeness (QED) is 0.657. The van der Waals surface area contributed by atoms with Gasteiger partial charge in [0.2, 0.25) is 21.8 Å². The molecule has 3 N–H and O–H groups in total. The van der Waals surface area contributed by atoms with Crippen LogP contribution in [0.3, 0.4) is 0 Å². The molecule has 1 aliphatic carbocycles. The van der Waals surface area contributed by atoms with Crippen molar-refractivity contribution < 1.29 is 18.0 Å². The number of benzene rings is 1. The van der Waals surface area contributed by atoms with Crippen molar-refractivity contribution in [3.8, 4) is 0 Å². The topological polar surface area (TPSA) is 104 Å². The second-order valence-electron chi connectivity index (χ2n) is 6.85. The van der Waals surface area contributed by atoms with E-state index in [2.05, 4.69) is 22.3 Å². The van der Waals surface area contributed by atoms with E-state index in [1.165, 1.54) is 18.6 Å². The minimum absolute atomic E-state index is 0.0972. The smallest absolute Gasteiger partial charge is 0.241 e. The summed E-state index contributed by atoms with van der Waals surface area (Å²) in [6.07, 6.45) is 4.34. The second kappa shape index (κ2) is 9.14. The molecule has 7 nitrogen and oxygen atoms in total. The van der Waals surface area contributed by atoms with Gasteiger partial charge in [-0.1, -0.05) is 37.5 Å². The standard InChI is InChI=1S/C18H27N3O4S/c1-13-7-9-15(10-8-13)26(24,25)20-12-17(22)19-11-18(23)21-16-6-4-3-5-14(16)2/h7-10,14,16,20H,3-6,11-12H2,1-2H3,(H,19,22)(H,21,23)/t14-,16+/m1/s1. The van der Waals surface area contributed by atoms with Gasteiger partial charge in [0.1, 0.15) is 0 Å². The lowest BCUT2D eigenvalue weighted by Gasteiger charge is -2.29. The Balaban J connectivity index is 1.74. The Labute approximate surface area is 155 Å². The van der Waals surface area contributed by atoms with Crippen LogP contribution in [0.15, 0.2) is 29.2 Å². The number of amides is 2. The Kier molecular flexibility index (Phi) is 7.16. The zero-order valence-corrected chi connectivity index (χ0v) is 16.1. The van der Waals surface area contributed by atoms with E-state index >= 15 is 0 Å². The molecule has 0 heterocycles. The molecule has 1 aromatic carbocycles. The Morgan fingerprint density at radius 3 is 2.35 bits per heavy atom. The average Bonchev–Trinajstić information content (AvgIpc) is 2.60. The molecule has 1 saturated carbocycles. The third kappa shape index (κ3) is 6.10. The lowest BCUT2D eigenvalue weighted by Crippen LogP contribution is -2.47. The number of hydrogen-bond donors (Lipinski definition) is 3. The van der Waals surface area contributed by atoms with Crippen LogP contribution in [-0.2, 0) is 19.6 Å². The summed E-state index contributed by atoms with van der Waals surface area (Å²) < 4.78 is 26.5. The number of carbonyl (C=O) groups excluding carboxylic acids is 2. The van der Waals surface area contributed by atoms with Crippen LogP contribution in [0, 0.1) is 12.8 Å². The molecule has 1 aliphatic rings. The highest BCUT2D eigenvalue weighted by Gasteiger charge is 2.23. The van der Waals surface area contributed by atoms with Gasteiger partial charge in [-0.25, -0.2) is 13.1 Å². The third-order valence-corrected chi connectivity index (χ3v) is 6.08. The van der Waals surface area contributed by atoms with E-state index in [4.69, 9.17) is 0 Å². The number of carbonyl (C=O) groups is 2. The summed E-state index contributed by atoms with van der Waals surface area (Å²) >= 11 is 0. The zero-order chi connectivity index (χ0) is 19.2. The lowest BCUT2D eigenvalue weighted by molar-refractivity contribution is -0.126. The van der Waals surface area contributed by atoms with Gasteiger partial charge in [0, 0.05) is 6.04 Å². The fraction of sp³-hybridized carbons (Fsp3) is 0.556. The highest BCUT2D eigenvalue weighted by Crippen LogP contribution is 2.23. The predicted octanol–water partition coefficient (Wildman–Crippen LogP) is 1.08. The van der Waals surface area contributed by atoms with Gasteiger partial charge in [-0.3, -0.25) is 9.59 Å². The fourth-order valence-electron chi connectivity index (χ4n) is 2.99. The summed E-state index contributed by atoms with van der Waals surface area (Å²) in [6.45, 7) is 3.40. The summed E-state index contributed by atoms with van der Waals surface area (Å²) in [4.78, 5) is 23.9. The number of aryl methyl sites for hydroxylation is 1. The highest BCUT2D eigenvalue weighted by molar-refractivity contribution is 7.89. The third-order valence-electron chi connectivity index (χ3n) is 4.66. The molecular formula is C18H27N3O4S. The molecule has 0 saturated heterocycles. The average molecular weight is 381 g/mol. The van der Waals surface area contributed by atoms with Crippen molar-refractivity contribution in [1.29, 1.82) is 0 Å². The summed E-state index contributed by atoms with van der Waals surface area (Å²) in [5, 5.41) is 5.38. The largest absolute Gasteiger partial charge is 0.352 e. The first kappa shape index (κ1) is 20.4. The van der Waals surface area contributed by atoms with Crippen LogP contribution in [0.25, 0.3) is 0 Å². The van der Waals surface area contributed by atoms with Crippen LogP contribution < -0.4 is 15.4 Å². The maximum atomic E-state index is 12.1.